The van der Waals surface area contributed by atoms with E-state index in [0.29, 0.717) is 22.2 Å². The summed E-state index contributed by atoms with van der Waals surface area (Å²) in [6, 6.07) is 20.1. The van der Waals surface area contributed by atoms with Crippen LogP contribution in [0.3, 0.4) is 0 Å². The Labute approximate surface area is 190 Å². The third-order valence-corrected chi connectivity index (χ3v) is 5.50. The number of halogens is 2. The number of para-hydroxylation sites is 1. The van der Waals surface area contributed by atoms with Crippen molar-refractivity contribution in [3.63, 3.8) is 0 Å². The SMILES string of the molecule is COc1ccc(C2CC(=NNC(=O)Nc3ccc(Cl)cc3Cl)c3ccccc3N2)cc1. The van der Waals surface area contributed by atoms with Gasteiger partial charge in [0, 0.05) is 22.7 Å². The number of amides is 2. The fraction of sp³-hybridized carbons (Fsp3) is 0.130. The summed E-state index contributed by atoms with van der Waals surface area (Å²) < 4.78 is 5.25. The van der Waals surface area contributed by atoms with E-state index in [1.54, 1.807) is 25.3 Å². The first kappa shape index (κ1) is 21.0. The van der Waals surface area contributed by atoms with E-state index in [2.05, 4.69) is 21.2 Å². The summed E-state index contributed by atoms with van der Waals surface area (Å²) in [5.74, 6) is 0.799. The van der Waals surface area contributed by atoms with Gasteiger partial charge in [0.1, 0.15) is 5.75 Å². The van der Waals surface area contributed by atoms with Crippen molar-refractivity contribution in [2.75, 3.05) is 17.7 Å². The average molecular weight is 455 g/mol. The first-order valence-electron chi connectivity index (χ1n) is 9.62. The zero-order valence-corrected chi connectivity index (χ0v) is 18.2. The second-order valence-electron chi connectivity index (χ2n) is 6.97. The number of methoxy groups -OCH3 is 1. The van der Waals surface area contributed by atoms with Gasteiger partial charge in [-0.3, -0.25) is 0 Å². The number of benzene rings is 3. The second-order valence-corrected chi connectivity index (χ2v) is 7.81. The number of nitrogens with one attached hydrogen (secondary N) is 3. The maximum absolute atomic E-state index is 12.4. The van der Waals surface area contributed by atoms with Crippen molar-refractivity contribution in [3.05, 3.63) is 87.9 Å². The number of hydrazone groups is 1. The van der Waals surface area contributed by atoms with E-state index in [1.165, 1.54) is 0 Å². The molecule has 6 nitrogen and oxygen atoms in total. The number of anilines is 2. The highest BCUT2D eigenvalue weighted by Gasteiger charge is 2.24. The van der Waals surface area contributed by atoms with Crippen LogP contribution in [0.1, 0.15) is 23.6 Å². The Morgan fingerprint density at radius 2 is 1.87 bits per heavy atom. The maximum Gasteiger partial charge on any atom is 0.339 e. The molecule has 31 heavy (non-hydrogen) atoms. The lowest BCUT2D eigenvalue weighted by atomic mass is 9.92. The Bertz CT molecular complexity index is 1130. The lowest BCUT2D eigenvalue weighted by Gasteiger charge is -2.28. The van der Waals surface area contributed by atoms with E-state index in [0.717, 1.165) is 28.3 Å². The quantitative estimate of drug-likeness (QED) is 0.417. The molecule has 0 aliphatic carbocycles. The zero-order valence-electron chi connectivity index (χ0n) is 16.7. The topological polar surface area (TPSA) is 74.8 Å². The van der Waals surface area contributed by atoms with Gasteiger partial charge in [0.15, 0.2) is 0 Å². The van der Waals surface area contributed by atoms with E-state index >= 15 is 0 Å². The molecule has 0 fully saturated rings. The molecule has 4 rings (SSSR count). The Morgan fingerprint density at radius 3 is 2.61 bits per heavy atom. The number of rotatable bonds is 4. The van der Waals surface area contributed by atoms with Gasteiger partial charge in [0.2, 0.25) is 0 Å². The number of carbonyl (C=O) groups excluding carboxylic acids is 1. The Morgan fingerprint density at radius 1 is 1.10 bits per heavy atom. The average Bonchev–Trinajstić information content (AvgIpc) is 2.79. The summed E-state index contributed by atoms with van der Waals surface area (Å²) >= 11 is 12.0. The second kappa shape index (κ2) is 9.29. The van der Waals surface area contributed by atoms with Gasteiger partial charge in [-0.05, 0) is 42.0 Å². The van der Waals surface area contributed by atoms with Crippen molar-refractivity contribution in [1.29, 1.82) is 0 Å². The van der Waals surface area contributed by atoms with Gasteiger partial charge in [-0.25, -0.2) is 10.2 Å². The summed E-state index contributed by atoms with van der Waals surface area (Å²) in [6.45, 7) is 0. The molecular weight excluding hydrogens is 435 g/mol. The molecule has 8 heteroatoms. The third kappa shape index (κ3) is 4.93. The number of hydrogen-bond acceptors (Lipinski definition) is 4. The highest BCUT2D eigenvalue weighted by atomic mass is 35.5. The van der Waals surface area contributed by atoms with Crippen LogP contribution in [0.15, 0.2) is 71.8 Å². The van der Waals surface area contributed by atoms with Gasteiger partial charge in [-0.1, -0.05) is 53.5 Å². The lowest BCUT2D eigenvalue weighted by Crippen LogP contribution is -2.29. The molecule has 0 aromatic heterocycles. The van der Waals surface area contributed by atoms with Crippen molar-refractivity contribution in [2.45, 2.75) is 12.5 Å². The van der Waals surface area contributed by atoms with Crippen molar-refractivity contribution in [1.82, 2.24) is 5.43 Å². The van der Waals surface area contributed by atoms with Gasteiger partial charge in [0.05, 0.1) is 29.6 Å². The summed E-state index contributed by atoms with van der Waals surface area (Å²) in [5.41, 5.74) is 6.79. The Balaban J connectivity index is 1.53. The molecule has 0 saturated heterocycles. The molecule has 1 heterocycles. The molecule has 3 aromatic carbocycles. The third-order valence-electron chi connectivity index (χ3n) is 4.96. The predicted octanol–water partition coefficient (Wildman–Crippen LogP) is 6.08. The van der Waals surface area contributed by atoms with Crippen LogP contribution in [-0.2, 0) is 0 Å². The minimum Gasteiger partial charge on any atom is -0.497 e. The van der Waals surface area contributed by atoms with Crippen molar-refractivity contribution < 1.29 is 9.53 Å². The number of nitrogens with zero attached hydrogens (tertiary/aromatic N) is 1. The summed E-state index contributed by atoms with van der Waals surface area (Å²) in [6.07, 6.45) is 0.603. The Hall–Kier alpha value is -3.22. The molecule has 0 bridgehead atoms. The van der Waals surface area contributed by atoms with Crippen LogP contribution < -0.4 is 20.8 Å². The van der Waals surface area contributed by atoms with Crippen LogP contribution in [0.2, 0.25) is 10.0 Å². The van der Waals surface area contributed by atoms with E-state index in [9.17, 15) is 4.79 Å². The molecular formula is C23H20Cl2N4O2. The van der Waals surface area contributed by atoms with Crippen LogP contribution >= 0.6 is 23.2 Å². The summed E-state index contributed by atoms with van der Waals surface area (Å²) in [4.78, 5) is 12.4. The zero-order chi connectivity index (χ0) is 21.8. The molecule has 0 saturated carbocycles. The molecule has 158 valence electrons. The molecule has 0 spiro atoms. The summed E-state index contributed by atoms with van der Waals surface area (Å²) in [7, 11) is 1.64. The van der Waals surface area contributed by atoms with Crippen molar-refractivity contribution >= 4 is 46.3 Å². The summed E-state index contributed by atoms with van der Waals surface area (Å²) in [5, 5.41) is 11.5. The molecule has 2 amide bonds. The first-order chi connectivity index (χ1) is 15.0. The molecule has 1 aliphatic heterocycles. The van der Waals surface area contributed by atoms with Crippen molar-refractivity contribution in [3.8, 4) is 5.75 Å². The van der Waals surface area contributed by atoms with Gasteiger partial charge >= 0.3 is 6.03 Å². The van der Waals surface area contributed by atoms with Crippen LogP contribution in [0.5, 0.6) is 5.75 Å². The number of ether oxygens (including phenoxy) is 1. The minimum atomic E-state index is -0.492. The van der Waals surface area contributed by atoms with E-state index < -0.39 is 6.03 Å². The smallest absolute Gasteiger partial charge is 0.339 e. The number of carbonyl (C=O) groups is 1. The van der Waals surface area contributed by atoms with Crippen LogP contribution in [-0.4, -0.2) is 18.9 Å². The fourth-order valence-electron chi connectivity index (χ4n) is 3.41. The molecule has 1 aliphatic rings. The van der Waals surface area contributed by atoms with Crippen molar-refractivity contribution in [2.24, 2.45) is 5.10 Å². The molecule has 0 radical (unpaired) electrons. The van der Waals surface area contributed by atoms with Crippen LogP contribution in [0, 0.1) is 0 Å². The highest BCUT2D eigenvalue weighted by molar-refractivity contribution is 6.36. The highest BCUT2D eigenvalue weighted by Crippen LogP contribution is 2.33. The minimum absolute atomic E-state index is 0.00938. The molecule has 3 aromatic rings. The predicted molar refractivity (Wildman–Crippen MR) is 126 cm³/mol. The number of fused-ring (bicyclic) bond motifs is 1. The standard InChI is InChI=1S/C23H20Cl2N4O2/c1-31-16-9-6-14(7-10-16)21-13-22(17-4-2-3-5-19(17)26-21)28-29-23(30)27-20-11-8-15(24)12-18(20)25/h2-12,21,26H,13H2,1H3,(H2,27,29,30). The largest absolute Gasteiger partial charge is 0.497 e. The van der Waals surface area contributed by atoms with Gasteiger partial charge in [-0.15, -0.1) is 0 Å². The van der Waals surface area contributed by atoms with Crippen LogP contribution in [0.4, 0.5) is 16.2 Å². The molecule has 1 atom stereocenters. The normalized spacial score (nSPS) is 16.2. The lowest BCUT2D eigenvalue weighted by molar-refractivity contribution is 0.252. The number of hydrogen-bond donors (Lipinski definition) is 3. The molecule has 3 N–H and O–H groups in total. The van der Waals surface area contributed by atoms with Crippen LogP contribution in [0.25, 0.3) is 0 Å². The van der Waals surface area contributed by atoms with Gasteiger partial charge in [0.25, 0.3) is 0 Å². The van der Waals surface area contributed by atoms with E-state index in [4.69, 9.17) is 27.9 Å². The van der Waals surface area contributed by atoms with Gasteiger partial charge in [-0.2, -0.15) is 5.10 Å². The fourth-order valence-corrected chi connectivity index (χ4v) is 3.86. The molecule has 1 unspecified atom stereocenters. The first-order valence-corrected chi connectivity index (χ1v) is 10.4. The van der Waals surface area contributed by atoms with E-state index in [1.807, 2.05) is 48.5 Å². The van der Waals surface area contributed by atoms with Gasteiger partial charge < -0.3 is 15.4 Å². The van der Waals surface area contributed by atoms with E-state index in [-0.39, 0.29) is 6.04 Å². The monoisotopic (exact) mass is 454 g/mol. The maximum atomic E-state index is 12.4. The number of urea groups is 1. The Kier molecular flexibility index (Phi) is 6.30.